The van der Waals surface area contributed by atoms with E-state index in [1.165, 1.54) is 0 Å². The van der Waals surface area contributed by atoms with Crippen molar-refractivity contribution in [1.29, 1.82) is 0 Å². The first kappa shape index (κ1) is 25.3. The zero-order valence-corrected chi connectivity index (χ0v) is 20.3. The van der Waals surface area contributed by atoms with Crippen LogP contribution in [0.4, 0.5) is 4.79 Å². The first-order valence-electron chi connectivity index (χ1n) is 11.7. The zero-order valence-electron chi connectivity index (χ0n) is 20.3. The molecule has 2 aromatic carbocycles. The lowest BCUT2D eigenvalue weighted by molar-refractivity contribution is -0.137. The van der Waals surface area contributed by atoms with Gasteiger partial charge in [-0.05, 0) is 47.4 Å². The van der Waals surface area contributed by atoms with Crippen molar-refractivity contribution in [3.63, 3.8) is 0 Å². The van der Waals surface area contributed by atoms with E-state index in [2.05, 4.69) is 34.9 Å². The molecule has 2 amide bonds. The first-order valence-corrected chi connectivity index (χ1v) is 11.7. The Balaban J connectivity index is 1.61. The third-order valence-electron chi connectivity index (χ3n) is 6.15. The molecule has 0 saturated heterocycles. The Kier molecular flexibility index (Phi) is 7.97. The van der Waals surface area contributed by atoms with E-state index in [-0.39, 0.29) is 30.9 Å². The molecule has 1 aliphatic rings. The number of fused-ring (bicyclic) bond motifs is 3. The van der Waals surface area contributed by atoms with Crippen molar-refractivity contribution in [3.05, 3.63) is 59.7 Å². The Morgan fingerprint density at radius 2 is 1.53 bits per heavy atom. The van der Waals surface area contributed by atoms with E-state index in [0.717, 1.165) is 22.3 Å². The zero-order chi connectivity index (χ0) is 24.9. The number of amides is 2. The van der Waals surface area contributed by atoms with Crippen molar-refractivity contribution in [2.24, 2.45) is 5.41 Å². The molecular weight excluding hydrogens is 432 g/mol. The molecule has 34 heavy (non-hydrogen) atoms. The molecular formula is C27H34N2O5. The van der Waals surface area contributed by atoms with Crippen LogP contribution in [0.5, 0.6) is 0 Å². The van der Waals surface area contributed by atoms with Crippen LogP contribution in [0.15, 0.2) is 48.5 Å². The molecule has 0 radical (unpaired) electrons. The van der Waals surface area contributed by atoms with Crippen molar-refractivity contribution >= 4 is 18.0 Å². The number of aliphatic carboxylic acids is 1. The summed E-state index contributed by atoms with van der Waals surface area (Å²) in [5, 5.41) is 14.4. The SMILES string of the molecule is CC(CCCC(=O)O)NC(=O)[C@H](NC(=O)OCC1c2ccccc2-c2ccccc21)C(C)(C)C. The minimum absolute atomic E-state index is 0.0565. The molecule has 0 fully saturated rings. The number of carbonyl (C=O) groups excluding carboxylic acids is 2. The fraction of sp³-hybridized carbons (Fsp3) is 0.444. The van der Waals surface area contributed by atoms with Gasteiger partial charge in [0.1, 0.15) is 12.6 Å². The number of carbonyl (C=O) groups is 3. The number of ether oxygens (including phenoxy) is 1. The van der Waals surface area contributed by atoms with E-state index in [1.807, 2.05) is 52.0 Å². The Hall–Kier alpha value is -3.35. The molecule has 0 spiro atoms. The van der Waals surface area contributed by atoms with Crippen LogP contribution in [0.3, 0.4) is 0 Å². The molecule has 3 rings (SSSR count). The summed E-state index contributed by atoms with van der Waals surface area (Å²) in [6.45, 7) is 7.61. The van der Waals surface area contributed by atoms with Gasteiger partial charge in [0.05, 0.1) is 0 Å². The Morgan fingerprint density at radius 1 is 0.971 bits per heavy atom. The lowest BCUT2D eigenvalue weighted by Crippen LogP contribution is -2.55. The van der Waals surface area contributed by atoms with Gasteiger partial charge in [-0.15, -0.1) is 0 Å². The summed E-state index contributed by atoms with van der Waals surface area (Å²) in [6, 6.07) is 15.2. The molecule has 1 aliphatic carbocycles. The Morgan fingerprint density at radius 3 is 2.06 bits per heavy atom. The van der Waals surface area contributed by atoms with Crippen LogP contribution in [0.1, 0.15) is 64.0 Å². The van der Waals surface area contributed by atoms with E-state index >= 15 is 0 Å². The van der Waals surface area contributed by atoms with Gasteiger partial charge in [0.15, 0.2) is 0 Å². The van der Waals surface area contributed by atoms with E-state index < -0.39 is 23.5 Å². The van der Waals surface area contributed by atoms with E-state index in [9.17, 15) is 14.4 Å². The van der Waals surface area contributed by atoms with Crippen molar-refractivity contribution in [3.8, 4) is 11.1 Å². The lowest BCUT2D eigenvalue weighted by Gasteiger charge is -2.31. The number of nitrogens with one attached hydrogen (secondary N) is 2. The predicted octanol–water partition coefficient (Wildman–Crippen LogP) is 4.70. The normalized spacial score (nSPS) is 14.5. The van der Waals surface area contributed by atoms with Gasteiger partial charge in [-0.2, -0.15) is 0 Å². The van der Waals surface area contributed by atoms with Gasteiger partial charge in [-0.3, -0.25) is 9.59 Å². The standard InChI is InChI=1S/C27H34N2O5/c1-17(10-9-15-23(30)31)28-25(32)24(27(2,3)4)29-26(33)34-16-22-20-13-7-5-11-18(20)19-12-6-8-14-21(19)22/h5-8,11-14,17,22,24H,9-10,15-16H2,1-4H3,(H,28,32)(H,29,33)(H,30,31)/t17?,24-/m0/s1. The van der Waals surface area contributed by atoms with Crippen LogP contribution in [0.25, 0.3) is 11.1 Å². The Labute approximate surface area is 200 Å². The second-order valence-electron chi connectivity index (χ2n) is 9.96. The van der Waals surface area contributed by atoms with Gasteiger partial charge in [0.25, 0.3) is 0 Å². The summed E-state index contributed by atoms with van der Waals surface area (Å²) in [7, 11) is 0. The highest BCUT2D eigenvalue weighted by molar-refractivity contribution is 5.86. The predicted molar refractivity (Wildman–Crippen MR) is 131 cm³/mol. The second kappa shape index (κ2) is 10.7. The maximum atomic E-state index is 12.9. The molecule has 0 saturated carbocycles. The molecule has 1 unspecified atom stereocenters. The van der Waals surface area contributed by atoms with Gasteiger partial charge in [-0.1, -0.05) is 69.3 Å². The molecule has 0 aromatic heterocycles. The summed E-state index contributed by atoms with van der Waals surface area (Å²) in [5.41, 5.74) is 4.00. The van der Waals surface area contributed by atoms with Crippen molar-refractivity contribution in [2.45, 2.75) is 65.0 Å². The topological polar surface area (TPSA) is 105 Å². The average Bonchev–Trinajstić information content (AvgIpc) is 3.08. The highest BCUT2D eigenvalue weighted by Gasteiger charge is 2.35. The fourth-order valence-electron chi connectivity index (χ4n) is 4.39. The number of hydrogen-bond acceptors (Lipinski definition) is 4. The summed E-state index contributed by atoms with van der Waals surface area (Å²) >= 11 is 0. The first-order chi connectivity index (χ1) is 16.1. The van der Waals surface area contributed by atoms with Gasteiger partial charge < -0.3 is 20.5 Å². The third-order valence-corrected chi connectivity index (χ3v) is 6.15. The molecule has 2 atom stereocenters. The third kappa shape index (κ3) is 6.16. The second-order valence-corrected chi connectivity index (χ2v) is 9.96. The van der Waals surface area contributed by atoms with Gasteiger partial charge in [-0.25, -0.2) is 4.79 Å². The molecule has 0 bridgehead atoms. The minimum atomic E-state index is -0.858. The van der Waals surface area contributed by atoms with Gasteiger partial charge in [0, 0.05) is 18.4 Å². The molecule has 7 nitrogen and oxygen atoms in total. The summed E-state index contributed by atoms with van der Waals surface area (Å²) in [4.78, 5) is 36.4. The number of carboxylic acid groups (broad SMARTS) is 1. The van der Waals surface area contributed by atoms with Crippen LogP contribution in [0.2, 0.25) is 0 Å². The van der Waals surface area contributed by atoms with Crippen molar-refractivity contribution in [1.82, 2.24) is 10.6 Å². The monoisotopic (exact) mass is 466 g/mol. The quantitative estimate of drug-likeness (QED) is 0.497. The summed E-state index contributed by atoms with van der Waals surface area (Å²) in [5.74, 6) is -1.24. The lowest BCUT2D eigenvalue weighted by atomic mass is 9.86. The van der Waals surface area contributed by atoms with Crippen LogP contribution in [-0.2, 0) is 14.3 Å². The maximum Gasteiger partial charge on any atom is 0.407 e. The van der Waals surface area contributed by atoms with E-state index in [0.29, 0.717) is 12.8 Å². The van der Waals surface area contributed by atoms with Crippen LogP contribution < -0.4 is 10.6 Å². The van der Waals surface area contributed by atoms with Crippen LogP contribution >= 0.6 is 0 Å². The highest BCUT2D eigenvalue weighted by atomic mass is 16.5. The number of carboxylic acids is 1. The average molecular weight is 467 g/mol. The molecule has 3 N–H and O–H groups in total. The van der Waals surface area contributed by atoms with E-state index in [1.54, 1.807) is 0 Å². The van der Waals surface area contributed by atoms with Crippen molar-refractivity contribution in [2.75, 3.05) is 6.61 Å². The van der Waals surface area contributed by atoms with E-state index in [4.69, 9.17) is 9.84 Å². The minimum Gasteiger partial charge on any atom is -0.481 e. The number of benzene rings is 2. The van der Waals surface area contributed by atoms with Crippen LogP contribution in [0, 0.1) is 5.41 Å². The molecule has 7 heteroatoms. The maximum absolute atomic E-state index is 12.9. The summed E-state index contributed by atoms with van der Waals surface area (Å²) in [6.07, 6.45) is 0.424. The molecule has 182 valence electrons. The molecule has 2 aromatic rings. The highest BCUT2D eigenvalue weighted by Crippen LogP contribution is 2.44. The molecule has 0 aliphatic heterocycles. The smallest absolute Gasteiger partial charge is 0.407 e. The van der Waals surface area contributed by atoms with Crippen molar-refractivity contribution < 1.29 is 24.2 Å². The van der Waals surface area contributed by atoms with Gasteiger partial charge >= 0.3 is 12.1 Å². The molecule has 0 heterocycles. The fourth-order valence-corrected chi connectivity index (χ4v) is 4.39. The number of alkyl carbamates (subject to hydrolysis) is 1. The van der Waals surface area contributed by atoms with Gasteiger partial charge in [0.2, 0.25) is 5.91 Å². The largest absolute Gasteiger partial charge is 0.481 e. The Bertz CT molecular complexity index is 998. The number of rotatable bonds is 9. The summed E-state index contributed by atoms with van der Waals surface area (Å²) < 4.78 is 5.62. The number of hydrogen-bond donors (Lipinski definition) is 3. The van der Waals surface area contributed by atoms with Crippen LogP contribution in [-0.4, -0.2) is 41.8 Å².